The number of ether oxygens (including phenoxy) is 1. The standard InChI is InChI=1S/C13H14N2O3S/c1-9-5-6-19-13(9)8-14-11-7-10(18-2)3-4-12(11)15(16)17/h3-7,14H,8H2,1-2H3. The van der Waals surface area contributed by atoms with E-state index in [-0.39, 0.29) is 5.69 Å². The van der Waals surface area contributed by atoms with E-state index in [2.05, 4.69) is 5.32 Å². The summed E-state index contributed by atoms with van der Waals surface area (Å²) in [6.07, 6.45) is 0. The fourth-order valence-corrected chi connectivity index (χ4v) is 2.55. The van der Waals surface area contributed by atoms with Crippen LogP contribution in [-0.2, 0) is 6.54 Å². The summed E-state index contributed by atoms with van der Waals surface area (Å²) in [4.78, 5) is 11.7. The zero-order valence-corrected chi connectivity index (χ0v) is 11.5. The van der Waals surface area contributed by atoms with Crippen LogP contribution >= 0.6 is 11.3 Å². The Morgan fingerprint density at radius 2 is 2.21 bits per heavy atom. The van der Waals surface area contributed by atoms with Crippen LogP contribution in [0.3, 0.4) is 0 Å². The van der Waals surface area contributed by atoms with Crippen LogP contribution in [0.4, 0.5) is 11.4 Å². The first-order valence-electron chi connectivity index (χ1n) is 5.71. The van der Waals surface area contributed by atoms with Crippen LogP contribution in [0.15, 0.2) is 29.6 Å². The molecule has 0 radical (unpaired) electrons. The van der Waals surface area contributed by atoms with E-state index in [1.807, 2.05) is 18.4 Å². The number of benzene rings is 1. The number of nitrogens with one attached hydrogen (secondary N) is 1. The van der Waals surface area contributed by atoms with Crippen molar-refractivity contribution in [3.05, 3.63) is 50.2 Å². The third-order valence-corrected chi connectivity index (χ3v) is 3.83. The summed E-state index contributed by atoms with van der Waals surface area (Å²) >= 11 is 1.63. The molecule has 1 heterocycles. The number of methoxy groups -OCH3 is 1. The molecule has 0 amide bonds. The molecule has 19 heavy (non-hydrogen) atoms. The molecule has 5 nitrogen and oxygen atoms in total. The lowest BCUT2D eigenvalue weighted by Crippen LogP contribution is -2.02. The highest BCUT2D eigenvalue weighted by molar-refractivity contribution is 7.10. The van der Waals surface area contributed by atoms with Crippen molar-refractivity contribution >= 4 is 22.7 Å². The second-order valence-corrected chi connectivity index (χ2v) is 5.02. The summed E-state index contributed by atoms with van der Waals surface area (Å²) in [6.45, 7) is 2.59. The molecular formula is C13H14N2O3S. The number of nitrogens with zero attached hydrogens (tertiary/aromatic N) is 1. The van der Waals surface area contributed by atoms with Gasteiger partial charge in [0.05, 0.1) is 12.0 Å². The molecule has 0 fully saturated rings. The average Bonchev–Trinajstić information content (AvgIpc) is 2.81. The molecule has 1 aromatic carbocycles. The van der Waals surface area contributed by atoms with Crippen LogP contribution in [0.5, 0.6) is 5.75 Å². The zero-order chi connectivity index (χ0) is 13.8. The number of hydrogen-bond acceptors (Lipinski definition) is 5. The minimum absolute atomic E-state index is 0.0509. The van der Waals surface area contributed by atoms with Crippen LogP contribution in [-0.4, -0.2) is 12.0 Å². The molecule has 0 atom stereocenters. The van der Waals surface area contributed by atoms with Gasteiger partial charge in [0.25, 0.3) is 5.69 Å². The third kappa shape index (κ3) is 3.03. The largest absolute Gasteiger partial charge is 0.497 e. The van der Waals surface area contributed by atoms with E-state index in [1.165, 1.54) is 18.7 Å². The van der Waals surface area contributed by atoms with Crippen molar-refractivity contribution in [3.63, 3.8) is 0 Å². The van der Waals surface area contributed by atoms with E-state index in [4.69, 9.17) is 4.74 Å². The lowest BCUT2D eigenvalue weighted by atomic mass is 10.2. The summed E-state index contributed by atoms with van der Waals surface area (Å²) in [5.74, 6) is 0.594. The van der Waals surface area contributed by atoms with Crippen molar-refractivity contribution in [2.75, 3.05) is 12.4 Å². The zero-order valence-electron chi connectivity index (χ0n) is 10.7. The lowest BCUT2D eigenvalue weighted by Gasteiger charge is -2.08. The Balaban J connectivity index is 2.22. The minimum atomic E-state index is -0.400. The van der Waals surface area contributed by atoms with E-state index in [0.717, 1.165) is 4.88 Å². The van der Waals surface area contributed by atoms with Crippen molar-refractivity contribution in [1.82, 2.24) is 0 Å². The van der Waals surface area contributed by atoms with Gasteiger partial charge in [-0.3, -0.25) is 10.1 Å². The van der Waals surface area contributed by atoms with Crippen LogP contribution in [0, 0.1) is 17.0 Å². The maximum absolute atomic E-state index is 11.0. The highest BCUT2D eigenvalue weighted by Crippen LogP contribution is 2.29. The molecule has 0 aliphatic heterocycles. The Morgan fingerprint density at radius 3 is 2.79 bits per heavy atom. The van der Waals surface area contributed by atoms with E-state index in [9.17, 15) is 10.1 Å². The second kappa shape index (κ2) is 5.71. The van der Waals surface area contributed by atoms with Gasteiger partial charge in [-0.15, -0.1) is 11.3 Å². The van der Waals surface area contributed by atoms with Gasteiger partial charge in [-0.2, -0.15) is 0 Å². The molecule has 0 bridgehead atoms. The highest BCUT2D eigenvalue weighted by Gasteiger charge is 2.14. The third-order valence-electron chi connectivity index (χ3n) is 2.81. The van der Waals surface area contributed by atoms with E-state index in [0.29, 0.717) is 18.0 Å². The summed E-state index contributed by atoms with van der Waals surface area (Å²) in [6, 6.07) is 6.70. The highest BCUT2D eigenvalue weighted by atomic mass is 32.1. The number of aryl methyl sites for hydroxylation is 1. The molecule has 0 saturated carbocycles. The number of nitro benzene ring substituents is 1. The smallest absolute Gasteiger partial charge is 0.292 e. The summed E-state index contributed by atoms with van der Waals surface area (Å²) < 4.78 is 5.09. The Labute approximate surface area is 115 Å². The molecule has 1 N–H and O–H groups in total. The molecule has 0 aliphatic rings. The molecule has 100 valence electrons. The molecular weight excluding hydrogens is 264 g/mol. The van der Waals surface area contributed by atoms with Gasteiger partial charge < -0.3 is 10.1 Å². The molecule has 0 saturated heterocycles. The van der Waals surface area contributed by atoms with Gasteiger partial charge in [0, 0.05) is 23.6 Å². The number of nitro groups is 1. The Hall–Kier alpha value is -2.08. The van der Waals surface area contributed by atoms with Crippen LogP contribution in [0.1, 0.15) is 10.4 Å². The number of hydrogen-bond donors (Lipinski definition) is 1. The maximum Gasteiger partial charge on any atom is 0.292 e. The van der Waals surface area contributed by atoms with Gasteiger partial charge in [-0.25, -0.2) is 0 Å². The molecule has 6 heteroatoms. The fraction of sp³-hybridized carbons (Fsp3) is 0.231. The van der Waals surface area contributed by atoms with Gasteiger partial charge in [-0.05, 0) is 30.0 Å². The second-order valence-electron chi connectivity index (χ2n) is 4.02. The first-order valence-corrected chi connectivity index (χ1v) is 6.59. The summed E-state index contributed by atoms with van der Waals surface area (Å²) in [5.41, 5.74) is 1.70. The molecule has 0 unspecified atom stereocenters. The first kappa shape index (κ1) is 13.4. The van der Waals surface area contributed by atoms with E-state index < -0.39 is 4.92 Å². The number of thiophene rings is 1. The SMILES string of the molecule is COc1ccc([N+](=O)[O-])c(NCc2sccc2C)c1. The van der Waals surface area contributed by atoms with Gasteiger partial charge >= 0.3 is 0 Å². The lowest BCUT2D eigenvalue weighted by molar-refractivity contribution is -0.384. The van der Waals surface area contributed by atoms with Crippen molar-refractivity contribution < 1.29 is 9.66 Å². The molecule has 2 aromatic rings. The molecule has 1 aromatic heterocycles. The molecule has 0 spiro atoms. The number of rotatable bonds is 5. The van der Waals surface area contributed by atoms with E-state index in [1.54, 1.807) is 23.5 Å². The summed E-state index contributed by atoms with van der Waals surface area (Å²) in [7, 11) is 1.54. The van der Waals surface area contributed by atoms with Crippen LogP contribution in [0.2, 0.25) is 0 Å². The van der Waals surface area contributed by atoms with Crippen LogP contribution < -0.4 is 10.1 Å². The number of anilines is 1. The molecule has 0 aliphatic carbocycles. The first-order chi connectivity index (χ1) is 9.11. The Bertz CT molecular complexity index is 595. The quantitative estimate of drug-likeness (QED) is 0.670. The predicted octanol–water partition coefficient (Wildman–Crippen LogP) is 3.59. The molecule has 2 rings (SSSR count). The van der Waals surface area contributed by atoms with Gasteiger partial charge in [-0.1, -0.05) is 0 Å². The minimum Gasteiger partial charge on any atom is -0.497 e. The van der Waals surface area contributed by atoms with Crippen molar-refractivity contribution in [2.24, 2.45) is 0 Å². The maximum atomic E-state index is 11.0. The predicted molar refractivity (Wildman–Crippen MR) is 76.0 cm³/mol. The van der Waals surface area contributed by atoms with Gasteiger partial charge in [0.2, 0.25) is 0 Å². The topological polar surface area (TPSA) is 64.4 Å². The average molecular weight is 278 g/mol. The van der Waals surface area contributed by atoms with Crippen molar-refractivity contribution in [2.45, 2.75) is 13.5 Å². The van der Waals surface area contributed by atoms with Crippen molar-refractivity contribution in [1.29, 1.82) is 0 Å². The normalized spacial score (nSPS) is 10.2. The van der Waals surface area contributed by atoms with Crippen LogP contribution in [0.25, 0.3) is 0 Å². The summed E-state index contributed by atoms with van der Waals surface area (Å²) in [5, 5.41) is 16.1. The van der Waals surface area contributed by atoms with Gasteiger partial charge in [0.15, 0.2) is 0 Å². The van der Waals surface area contributed by atoms with Gasteiger partial charge in [0.1, 0.15) is 11.4 Å². The Morgan fingerprint density at radius 1 is 1.42 bits per heavy atom. The van der Waals surface area contributed by atoms with Crippen molar-refractivity contribution in [3.8, 4) is 5.75 Å². The fourth-order valence-electron chi connectivity index (χ4n) is 1.70. The Kier molecular flexibility index (Phi) is 4.01. The van der Waals surface area contributed by atoms with E-state index >= 15 is 0 Å². The monoisotopic (exact) mass is 278 g/mol.